The average molecular weight is 260 g/mol. The van der Waals surface area contributed by atoms with Gasteiger partial charge in [0.25, 0.3) is 0 Å². The van der Waals surface area contributed by atoms with Gasteiger partial charge in [-0.25, -0.2) is 9.59 Å². The lowest BCUT2D eigenvalue weighted by Gasteiger charge is -2.39. The molecular weight excluding hydrogens is 240 g/mol. The van der Waals surface area contributed by atoms with E-state index in [0.717, 1.165) is 19.3 Å². The molecule has 0 heterocycles. The van der Waals surface area contributed by atoms with Gasteiger partial charge in [-0.3, -0.25) is 0 Å². The molecule has 0 saturated heterocycles. The van der Waals surface area contributed by atoms with E-state index >= 15 is 0 Å². The Morgan fingerprint density at radius 3 is 2.53 bits per heavy atom. The van der Waals surface area contributed by atoms with E-state index < -0.39 is 12.0 Å². The van der Waals surface area contributed by atoms with Gasteiger partial charge in [0.05, 0.1) is 0 Å². The van der Waals surface area contributed by atoms with Crippen LogP contribution in [0.3, 0.4) is 0 Å². The number of carboxylic acids is 1. The first-order chi connectivity index (χ1) is 7.97. The highest BCUT2D eigenvalue weighted by molar-refractivity contribution is 7.98. The van der Waals surface area contributed by atoms with E-state index in [2.05, 4.69) is 10.6 Å². The third-order valence-corrected chi connectivity index (χ3v) is 3.73. The van der Waals surface area contributed by atoms with Crippen molar-refractivity contribution >= 4 is 23.8 Å². The van der Waals surface area contributed by atoms with E-state index in [1.165, 1.54) is 0 Å². The predicted molar refractivity (Wildman–Crippen MR) is 68.3 cm³/mol. The Bertz CT molecular complexity index is 292. The third kappa shape index (κ3) is 4.46. The molecule has 2 amide bonds. The topological polar surface area (TPSA) is 78.4 Å². The quantitative estimate of drug-likeness (QED) is 0.675. The van der Waals surface area contributed by atoms with Crippen molar-refractivity contribution in [3.8, 4) is 0 Å². The van der Waals surface area contributed by atoms with Gasteiger partial charge < -0.3 is 15.7 Å². The minimum Gasteiger partial charge on any atom is -0.480 e. The molecule has 0 radical (unpaired) electrons. The zero-order chi connectivity index (χ0) is 12.9. The van der Waals surface area contributed by atoms with Crippen LogP contribution in [0.5, 0.6) is 0 Å². The van der Waals surface area contributed by atoms with E-state index in [-0.39, 0.29) is 11.6 Å². The van der Waals surface area contributed by atoms with E-state index in [9.17, 15) is 9.59 Å². The summed E-state index contributed by atoms with van der Waals surface area (Å²) in [5.41, 5.74) is -0.146. The van der Waals surface area contributed by atoms with Crippen LogP contribution in [0.1, 0.15) is 32.6 Å². The van der Waals surface area contributed by atoms with E-state index in [0.29, 0.717) is 12.2 Å². The van der Waals surface area contributed by atoms with Crippen molar-refractivity contribution in [3.63, 3.8) is 0 Å². The normalized spacial score (nSPS) is 18.9. The number of thioether (sulfide) groups is 1. The minimum absolute atomic E-state index is 0.146. The van der Waals surface area contributed by atoms with Crippen molar-refractivity contribution in [2.75, 3.05) is 12.0 Å². The summed E-state index contributed by atoms with van der Waals surface area (Å²) in [7, 11) is 0. The van der Waals surface area contributed by atoms with Gasteiger partial charge in [0.1, 0.15) is 6.04 Å². The Balaban J connectivity index is 2.37. The van der Waals surface area contributed by atoms with Gasteiger partial charge in [0.2, 0.25) is 0 Å². The molecule has 1 aliphatic rings. The summed E-state index contributed by atoms with van der Waals surface area (Å²) in [6.07, 6.45) is 5.40. The number of carbonyl (C=O) groups is 2. The van der Waals surface area contributed by atoms with Crippen molar-refractivity contribution in [1.29, 1.82) is 0 Å². The maximum absolute atomic E-state index is 11.6. The third-order valence-electron chi connectivity index (χ3n) is 3.09. The van der Waals surface area contributed by atoms with Gasteiger partial charge in [-0.15, -0.1) is 0 Å². The summed E-state index contributed by atoms with van der Waals surface area (Å²) in [6, 6.07) is -1.17. The Hall–Kier alpha value is -0.910. The number of nitrogens with one attached hydrogen (secondary N) is 2. The van der Waals surface area contributed by atoms with Crippen LogP contribution in [-0.2, 0) is 4.79 Å². The maximum atomic E-state index is 11.6. The molecule has 5 nitrogen and oxygen atoms in total. The van der Waals surface area contributed by atoms with Gasteiger partial charge >= 0.3 is 12.0 Å². The average Bonchev–Trinajstić information content (AvgIpc) is 2.21. The lowest BCUT2D eigenvalue weighted by molar-refractivity contribution is -0.139. The number of carbonyl (C=O) groups excluding carboxylic acids is 1. The van der Waals surface area contributed by atoms with Crippen molar-refractivity contribution in [2.45, 2.75) is 44.2 Å². The number of urea groups is 1. The minimum atomic E-state index is -0.979. The molecule has 0 aliphatic heterocycles. The second kappa shape index (κ2) is 6.14. The zero-order valence-electron chi connectivity index (χ0n) is 10.3. The fourth-order valence-corrected chi connectivity index (χ4v) is 2.27. The van der Waals surface area contributed by atoms with Crippen LogP contribution < -0.4 is 10.6 Å². The van der Waals surface area contributed by atoms with Crippen molar-refractivity contribution in [3.05, 3.63) is 0 Å². The molecule has 1 rings (SSSR count). The van der Waals surface area contributed by atoms with Crippen molar-refractivity contribution in [2.24, 2.45) is 0 Å². The fraction of sp³-hybridized carbons (Fsp3) is 0.818. The molecule has 0 spiro atoms. The van der Waals surface area contributed by atoms with Crippen LogP contribution in [0, 0.1) is 0 Å². The van der Waals surface area contributed by atoms with Gasteiger partial charge in [-0.1, -0.05) is 0 Å². The predicted octanol–water partition coefficient (Wildman–Crippen LogP) is 1.43. The number of amides is 2. The molecule has 6 heteroatoms. The van der Waals surface area contributed by atoms with E-state index in [1.54, 1.807) is 11.8 Å². The number of carboxylic acid groups (broad SMARTS) is 1. The second-order valence-electron chi connectivity index (χ2n) is 4.68. The standard InChI is InChI=1S/C11H20N2O3S/c1-11(5-3-6-11)13-10(16)12-8(9(14)15)4-7-17-2/h8H,3-7H2,1-2H3,(H,14,15)(H2,12,13,16)/t8-/m1/s1. The fourth-order valence-electron chi connectivity index (χ4n) is 1.79. The molecule has 3 N–H and O–H groups in total. The highest BCUT2D eigenvalue weighted by atomic mass is 32.2. The van der Waals surface area contributed by atoms with E-state index in [1.807, 2.05) is 13.2 Å². The number of hydrogen-bond acceptors (Lipinski definition) is 3. The van der Waals surface area contributed by atoms with Gasteiger partial charge in [0, 0.05) is 5.54 Å². The summed E-state index contributed by atoms with van der Waals surface area (Å²) in [5, 5.41) is 14.3. The Labute approximate surface area is 106 Å². The highest BCUT2D eigenvalue weighted by Crippen LogP contribution is 2.30. The summed E-state index contributed by atoms with van der Waals surface area (Å²) < 4.78 is 0. The van der Waals surface area contributed by atoms with Crippen molar-refractivity contribution < 1.29 is 14.7 Å². The molecule has 98 valence electrons. The molecule has 0 aromatic rings. The number of hydrogen-bond donors (Lipinski definition) is 3. The monoisotopic (exact) mass is 260 g/mol. The Morgan fingerprint density at radius 2 is 2.12 bits per heavy atom. The first kappa shape index (κ1) is 14.2. The number of aliphatic carboxylic acids is 1. The number of rotatable bonds is 6. The SMILES string of the molecule is CSCC[C@@H](NC(=O)NC1(C)CCC1)C(=O)O. The molecule has 1 atom stereocenters. The molecule has 0 aromatic heterocycles. The lowest BCUT2D eigenvalue weighted by atomic mass is 9.79. The molecule has 0 unspecified atom stereocenters. The van der Waals surface area contributed by atoms with Crippen LogP contribution in [0.4, 0.5) is 4.79 Å². The first-order valence-corrected chi connectivity index (χ1v) is 7.17. The molecular formula is C11H20N2O3S. The van der Waals surface area contributed by atoms with E-state index in [4.69, 9.17) is 5.11 Å². The summed E-state index contributed by atoms with van der Waals surface area (Å²) >= 11 is 1.57. The maximum Gasteiger partial charge on any atom is 0.326 e. The molecule has 1 aliphatic carbocycles. The van der Waals surface area contributed by atoms with Gasteiger partial charge in [-0.05, 0) is 44.6 Å². The summed E-state index contributed by atoms with van der Waals surface area (Å²) in [4.78, 5) is 22.6. The lowest BCUT2D eigenvalue weighted by Crippen LogP contribution is -2.56. The first-order valence-electron chi connectivity index (χ1n) is 5.77. The van der Waals surface area contributed by atoms with Crippen LogP contribution in [0.2, 0.25) is 0 Å². The van der Waals surface area contributed by atoms with Crippen LogP contribution >= 0.6 is 11.8 Å². The van der Waals surface area contributed by atoms with Crippen LogP contribution in [-0.4, -0.2) is 40.7 Å². The molecule has 0 bridgehead atoms. The zero-order valence-corrected chi connectivity index (χ0v) is 11.1. The Morgan fingerprint density at radius 1 is 1.47 bits per heavy atom. The van der Waals surface area contributed by atoms with Crippen LogP contribution in [0.25, 0.3) is 0 Å². The molecule has 17 heavy (non-hydrogen) atoms. The highest BCUT2D eigenvalue weighted by Gasteiger charge is 2.34. The second-order valence-corrected chi connectivity index (χ2v) is 5.67. The van der Waals surface area contributed by atoms with Crippen LogP contribution in [0.15, 0.2) is 0 Å². The summed E-state index contributed by atoms with van der Waals surface area (Å²) in [5.74, 6) is -0.262. The largest absolute Gasteiger partial charge is 0.480 e. The molecule has 0 aromatic carbocycles. The smallest absolute Gasteiger partial charge is 0.326 e. The van der Waals surface area contributed by atoms with Gasteiger partial charge in [0.15, 0.2) is 0 Å². The molecule has 1 fully saturated rings. The van der Waals surface area contributed by atoms with Crippen molar-refractivity contribution in [1.82, 2.24) is 10.6 Å². The summed E-state index contributed by atoms with van der Waals surface area (Å²) in [6.45, 7) is 1.98. The van der Waals surface area contributed by atoms with Gasteiger partial charge in [-0.2, -0.15) is 11.8 Å². The molecule has 1 saturated carbocycles. The Kier molecular flexibility index (Phi) is 5.11.